The van der Waals surface area contributed by atoms with Gasteiger partial charge in [-0.15, -0.1) is 0 Å². The molecule has 0 N–H and O–H groups in total. The van der Waals surface area contributed by atoms with Crippen LogP contribution in [-0.4, -0.2) is 16.8 Å². The van der Waals surface area contributed by atoms with Gasteiger partial charge >= 0.3 is 0 Å². The SMILES string of the molecule is Brc1cnnc(C2CCCCO2)c1. The van der Waals surface area contributed by atoms with Crippen LogP contribution in [0.5, 0.6) is 0 Å². The van der Waals surface area contributed by atoms with E-state index < -0.39 is 0 Å². The second kappa shape index (κ2) is 4.15. The maximum Gasteiger partial charge on any atom is 0.101 e. The van der Waals surface area contributed by atoms with Crippen LogP contribution < -0.4 is 0 Å². The summed E-state index contributed by atoms with van der Waals surface area (Å²) in [6, 6.07) is 1.98. The first-order valence-corrected chi connectivity index (χ1v) is 5.25. The van der Waals surface area contributed by atoms with Crippen molar-refractivity contribution in [3.05, 3.63) is 22.4 Å². The summed E-state index contributed by atoms with van der Waals surface area (Å²) < 4.78 is 6.56. The van der Waals surface area contributed by atoms with Gasteiger partial charge in [0.25, 0.3) is 0 Å². The number of hydrogen-bond donors (Lipinski definition) is 0. The first kappa shape index (κ1) is 9.09. The van der Waals surface area contributed by atoms with Crippen LogP contribution in [0.1, 0.15) is 31.1 Å². The second-order valence-electron chi connectivity index (χ2n) is 3.15. The van der Waals surface area contributed by atoms with Crippen LogP contribution in [0.3, 0.4) is 0 Å². The van der Waals surface area contributed by atoms with E-state index in [1.807, 2.05) is 6.07 Å². The number of rotatable bonds is 1. The van der Waals surface area contributed by atoms with Crippen molar-refractivity contribution in [2.45, 2.75) is 25.4 Å². The van der Waals surface area contributed by atoms with Gasteiger partial charge in [0.05, 0.1) is 11.9 Å². The Morgan fingerprint density at radius 3 is 3.08 bits per heavy atom. The van der Waals surface area contributed by atoms with Crippen molar-refractivity contribution in [1.29, 1.82) is 0 Å². The molecule has 1 aliphatic heterocycles. The Hall–Kier alpha value is -0.480. The summed E-state index contributed by atoms with van der Waals surface area (Å²) in [5.74, 6) is 0. The number of aromatic nitrogens is 2. The smallest absolute Gasteiger partial charge is 0.101 e. The molecule has 0 amide bonds. The van der Waals surface area contributed by atoms with E-state index in [0.717, 1.165) is 29.6 Å². The van der Waals surface area contributed by atoms with Crippen molar-refractivity contribution >= 4 is 15.9 Å². The largest absolute Gasteiger partial charge is 0.372 e. The lowest BCUT2D eigenvalue weighted by atomic mass is 10.1. The summed E-state index contributed by atoms with van der Waals surface area (Å²) >= 11 is 3.37. The monoisotopic (exact) mass is 242 g/mol. The van der Waals surface area contributed by atoms with E-state index in [1.165, 1.54) is 6.42 Å². The Balaban J connectivity index is 2.14. The summed E-state index contributed by atoms with van der Waals surface area (Å²) in [6.07, 6.45) is 5.28. The van der Waals surface area contributed by atoms with Gasteiger partial charge in [-0.05, 0) is 41.3 Å². The van der Waals surface area contributed by atoms with Gasteiger partial charge in [-0.25, -0.2) is 0 Å². The van der Waals surface area contributed by atoms with E-state index in [1.54, 1.807) is 6.20 Å². The molecule has 1 aromatic heterocycles. The first-order chi connectivity index (χ1) is 6.36. The van der Waals surface area contributed by atoms with Crippen molar-refractivity contribution in [2.24, 2.45) is 0 Å². The summed E-state index contributed by atoms with van der Waals surface area (Å²) in [5.41, 5.74) is 0.939. The lowest BCUT2D eigenvalue weighted by molar-refractivity contribution is 0.0117. The molecule has 2 rings (SSSR count). The number of nitrogens with zero attached hydrogens (tertiary/aromatic N) is 2. The molecule has 3 nitrogen and oxygen atoms in total. The third-order valence-corrected chi connectivity index (χ3v) is 2.58. The minimum Gasteiger partial charge on any atom is -0.372 e. The highest BCUT2D eigenvalue weighted by atomic mass is 79.9. The number of halogens is 1. The van der Waals surface area contributed by atoms with Gasteiger partial charge in [-0.3, -0.25) is 0 Å². The van der Waals surface area contributed by atoms with E-state index in [9.17, 15) is 0 Å². The predicted molar refractivity (Wildman–Crippen MR) is 52.3 cm³/mol. The molecule has 70 valence electrons. The lowest BCUT2D eigenvalue weighted by Gasteiger charge is -2.21. The minimum absolute atomic E-state index is 0.152. The standard InChI is InChI=1S/C9H11BrN2O/c10-7-5-8(12-11-6-7)9-3-1-2-4-13-9/h5-6,9H,1-4H2. The normalized spacial score (nSPS) is 23.0. The van der Waals surface area contributed by atoms with Crippen molar-refractivity contribution in [3.63, 3.8) is 0 Å². The predicted octanol–water partition coefficient (Wildman–Crippen LogP) is 2.48. The Labute approximate surface area is 85.6 Å². The molecular weight excluding hydrogens is 232 g/mol. The Bertz CT molecular complexity index is 287. The molecule has 2 heterocycles. The fourth-order valence-corrected chi connectivity index (χ4v) is 1.82. The lowest BCUT2D eigenvalue weighted by Crippen LogP contribution is -2.13. The first-order valence-electron chi connectivity index (χ1n) is 4.46. The van der Waals surface area contributed by atoms with Crippen LogP contribution in [0.2, 0.25) is 0 Å². The molecule has 0 aromatic carbocycles. The van der Waals surface area contributed by atoms with Crippen LogP contribution in [0.4, 0.5) is 0 Å². The van der Waals surface area contributed by atoms with Gasteiger partial charge in [-0.1, -0.05) is 0 Å². The molecular formula is C9H11BrN2O. The van der Waals surface area contributed by atoms with Gasteiger partial charge in [0.2, 0.25) is 0 Å². The van der Waals surface area contributed by atoms with E-state index in [2.05, 4.69) is 26.1 Å². The number of hydrogen-bond acceptors (Lipinski definition) is 3. The quantitative estimate of drug-likeness (QED) is 0.760. The van der Waals surface area contributed by atoms with Crippen molar-refractivity contribution in [3.8, 4) is 0 Å². The van der Waals surface area contributed by atoms with Crippen LogP contribution in [-0.2, 0) is 4.74 Å². The highest BCUT2D eigenvalue weighted by Gasteiger charge is 2.17. The molecule has 1 unspecified atom stereocenters. The molecule has 13 heavy (non-hydrogen) atoms. The van der Waals surface area contributed by atoms with Crippen molar-refractivity contribution in [1.82, 2.24) is 10.2 Å². The molecule has 0 spiro atoms. The number of ether oxygens (including phenoxy) is 1. The van der Waals surface area contributed by atoms with E-state index >= 15 is 0 Å². The minimum atomic E-state index is 0.152. The van der Waals surface area contributed by atoms with Gasteiger partial charge < -0.3 is 4.74 Å². The Kier molecular flexibility index (Phi) is 2.90. The Morgan fingerprint density at radius 1 is 1.46 bits per heavy atom. The molecule has 0 aliphatic carbocycles. The molecule has 1 saturated heterocycles. The fraction of sp³-hybridized carbons (Fsp3) is 0.556. The molecule has 1 aliphatic rings. The van der Waals surface area contributed by atoms with Crippen molar-refractivity contribution in [2.75, 3.05) is 6.61 Å². The Morgan fingerprint density at radius 2 is 2.38 bits per heavy atom. The van der Waals surface area contributed by atoms with Crippen LogP contribution in [0.25, 0.3) is 0 Å². The maximum atomic E-state index is 5.60. The molecule has 4 heteroatoms. The van der Waals surface area contributed by atoms with Crippen molar-refractivity contribution < 1.29 is 4.74 Å². The molecule has 0 saturated carbocycles. The van der Waals surface area contributed by atoms with Crippen LogP contribution in [0, 0.1) is 0 Å². The van der Waals surface area contributed by atoms with E-state index in [0.29, 0.717) is 0 Å². The molecule has 1 fully saturated rings. The highest BCUT2D eigenvalue weighted by Crippen LogP contribution is 2.26. The molecule has 0 radical (unpaired) electrons. The second-order valence-corrected chi connectivity index (χ2v) is 4.07. The zero-order valence-corrected chi connectivity index (χ0v) is 8.83. The molecule has 1 aromatic rings. The van der Waals surface area contributed by atoms with E-state index in [-0.39, 0.29) is 6.10 Å². The highest BCUT2D eigenvalue weighted by molar-refractivity contribution is 9.10. The summed E-state index contributed by atoms with van der Waals surface area (Å²) in [4.78, 5) is 0. The maximum absolute atomic E-state index is 5.60. The summed E-state index contributed by atoms with van der Waals surface area (Å²) in [7, 11) is 0. The zero-order chi connectivity index (χ0) is 9.10. The zero-order valence-electron chi connectivity index (χ0n) is 7.24. The van der Waals surface area contributed by atoms with Gasteiger partial charge in [0.1, 0.15) is 6.10 Å². The third kappa shape index (κ3) is 2.25. The summed E-state index contributed by atoms with van der Waals surface area (Å²) in [5, 5.41) is 7.94. The fourth-order valence-electron chi connectivity index (χ4n) is 1.49. The van der Waals surface area contributed by atoms with Gasteiger partial charge in [0, 0.05) is 11.1 Å². The van der Waals surface area contributed by atoms with Gasteiger partial charge in [0.15, 0.2) is 0 Å². The van der Waals surface area contributed by atoms with Gasteiger partial charge in [-0.2, -0.15) is 10.2 Å². The molecule has 1 atom stereocenters. The summed E-state index contributed by atoms with van der Waals surface area (Å²) in [6.45, 7) is 0.846. The van der Waals surface area contributed by atoms with E-state index in [4.69, 9.17) is 4.74 Å². The van der Waals surface area contributed by atoms with Crippen LogP contribution >= 0.6 is 15.9 Å². The topological polar surface area (TPSA) is 35.0 Å². The molecule has 0 bridgehead atoms. The average Bonchev–Trinajstić information content (AvgIpc) is 2.19. The third-order valence-electron chi connectivity index (χ3n) is 2.15. The average molecular weight is 243 g/mol. The van der Waals surface area contributed by atoms with Crippen LogP contribution in [0.15, 0.2) is 16.7 Å².